The molecule has 0 radical (unpaired) electrons. The van der Waals surface area contributed by atoms with Crippen LogP contribution in [-0.2, 0) is 4.79 Å². The van der Waals surface area contributed by atoms with Crippen molar-refractivity contribution in [2.45, 2.75) is 38.5 Å². The van der Waals surface area contributed by atoms with E-state index in [2.05, 4.69) is 21.9 Å². The second-order valence-electron chi connectivity index (χ2n) is 9.01. The van der Waals surface area contributed by atoms with Gasteiger partial charge in [0.25, 0.3) is 0 Å². The van der Waals surface area contributed by atoms with E-state index >= 15 is 0 Å². The van der Waals surface area contributed by atoms with Crippen molar-refractivity contribution in [3.8, 4) is 11.5 Å². The highest BCUT2D eigenvalue weighted by atomic mass is 16.7. The Bertz CT molecular complexity index is 693. The van der Waals surface area contributed by atoms with Gasteiger partial charge in [0.1, 0.15) is 0 Å². The fraction of sp³-hybridized carbons (Fsp3) is 0.696. The molecule has 2 aliphatic heterocycles. The number of fused-ring (bicyclic) bond motifs is 1. The third-order valence-electron chi connectivity index (χ3n) is 6.87. The van der Waals surface area contributed by atoms with Gasteiger partial charge in [-0.05, 0) is 49.8 Å². The number of benzene rings is 1. The third-order valence-corrected chi connectivity index (χ3v) is 6.87. The average molecular weight is 402 g/mol. The van der Waals surface area contributed by atoms with Crippen LogP contribution in [0.3, 0.4) is 0 Å². The van der Waals surface area contributed by atoms with E-state index in [0.717, 1.165) is 50.0 Å². The minimum atomic E-state index is 0.285. The first kappa shape index (κ1) is 20.3. The normalized spacial score (nSPS) is 24.6. The minimum absolute atomic E-state index is 0.285. The molecule has 1 amide bonds. The molecule has 0 aromatic heterocycles. The lowest BCUT2D eigenvalue weighted by Gasteiger charge is -2.37. The Hall–Kier alpha value is -1.95. The van der Waals surface area contributed by atoms with Gasteiger partial charge in [-0.2, -0.15) is 0 Å². The highest BCUT2D eigenvalue weighted by Crippen LogP contribution is 2.41. The average Bonchev–Trinajstić information content (AvgIpc) is 3.22. The summed E-state index contributed by atoms with van der Waals surface area (Å²) in [5, 5.41) is 0. The lowest BCUT2D eigenvalue weighted by molar-refractivity contribution is -0.130. The number of rotatable bonds is 6. The van der Waals surface area contributed by atoms with Crippen molar-refractivity contribution in [2.24, 2.45) is 11.8 Å². The molecule has 4 rings (SSSR count). The third kappa shape index (κ3) is 4.97. The first-order valence-electron chi connectivity index (χ1n) is 11.2. The summed E-state index contributed by atoms with van der Waals surface area (Å²) < 4.78 is 11.2. The highest BCUT2D eigenvalue weighted by Gasteiger charge is 2.26. The predicted molar refractivity (Wildman–Crippen MR) is 115 cm³/mol. The van der Waals surface area contributed by atoms with Gasteiger partial charge in [0.05, 0.1) is 5.69 Å². The first-order valence-corrected chi connectivity index (χ1v) is 11.2. The molecule has 1 saturated heterocycles. The molecule has 1 saturated carbocycles. The molecule has 6 nitrogen and oxygen atoms in total. The second-order valence-corrected chi connectivity index (χ2v) is 9.01. The van der Waals surface area contributed by atoms with Gasteiger partial charge in [-0.25, -0.2) is 0 Å². The zero-order chi connectivity index (χ0) is 20.2. The van der Waals surface area contributed by atoms with Crippen LogP contribution in [-0.4, -0.2) is 69.3 Å². The fourth-order valence-corrected chi connectivity index (χ4v) is 4.90. The molecule has 160 valence electrons. The van der Waals surface area contributed by atoms with Gasteiger partial charge in [-0.1, -0.05) is 18.9 Å². The van der Waals surface area contributed by atoms with Crippen LogP contribution in [0.15, 0.2) is 18.2 Å². The summed E-state index contributed by atoms with van der Waals surface area (Å²) in [6.07, 6.45) is 7.06. The Labute approximate surface area is 174 Å². The summed E-state index contributed by atoms with van der Waals surface area (Å²) in [6.45, 7) is 5.83. The number of ether oxygens (including phenoxy) is 2. The van der Waals surface area contributed by atoms with Gasteiger partial charge in [-0.15, -0.1) is 0 Å². The number of nitrogens with zero attached hydrogens (tertiary/aromatic N) is 3. The smallest absolute Gasteiger partial charge is 0.231 e. The predicted octanol–water partition coefficient (Wildman–Crippen LogP) is 3.21. The summed E-state index contributed by atoms with van der Waals surface area (Å²) in [6, 6.07) is 6.17. The first-order chi connectivity index (χ1) is 14.1. The van der Waals surface area contributed by atoms with Crippen molar-refractivity contribution in [3.63, 3.8) is 0 Å². The van der Waals surface area contributed by atoms with E-state index < -0.39 is 0 Å². The van der Waals surface area contributed by atoms with Gasteiger partial charge >= 0.3 is 0 Å². The number of amides is 1. The van der Waals surface area contributed by atoms with Crippen molar-refractivity contribution < 1.29 is 14.3 Å². The van der Waals surface area contributed by atoms with E-state index in [0.29, 0.717) is 12.7 Å². The van der Waals surface area contributed by atoms with E-state index in [1.54, 1.807) is 4.90 Å². The lowest BCUT2D eigenvalue weighted by atomic mass is 9.79. The molecule has 1 aliphatic carbocycles. The Balaban J connectivity index is 1.17. The van der Waals surface area contributed by atoms with E-state index in [-0.39, 0.29) is 5.91 Å². The lowest BCUT2D eigenvalue weighted by Crippen LogP contribution is -2.47. The van der Waals surface area contributed by atoms with Crippen LogP contribution in [0.1, 0.15) is 38.5 Å². The largest absolute Gasteiger partial charge is 0.454 e. The maximum absolute atomic E-state index is 11.9. The van der Waals surface area contributed by atoms with E-state index in [9.17, 15) is 4.79 Å². The molecule has 0 unspecified atom stereocenters. The number of hydrogen-bond donors (Lipinski definition) is 0. The zero-order valence-corrected chi connectivity index (χ0v) is 17.9. The summed E-state index contributed by atoms with van der Waals surface area (Å²) in [7, 11) is 3.72. The summed E-state index contributed by atoms with van der Waals surface area (Å²) >= 11 is 0. The summed E-state index contributed by atoms with van der Waals surface area (Å²) in [4.78, 5) is 18.7. The fourth-order valence-electron chi connectivity index (χ4n) is 4.90. The monoisotopic (exact) mass is 401 g/mol. The molecular formula is C23H35N3O3. The molecule has 2 fully saturated rings. The van der Waals surface area contributed by atoms with Gasteiger partial charge < -0.3 is 19.3 Å². The molecule has 0 atom stereocenters. The topological polar surface area (TPSA) is 45.3 Å². The standard InChI is InChI=1S/C23H35N3O3/c1-24(2)22(27)16-19-8-6-18(7-9-19)10-11-25-12-14-26(15-13-25)20-4-3-5-21-23(20)29-17-28-21/h3-5,18-19H,6-17H2,1-2H3. The molecule has 0 N–H and O–H groups in total. The maximum Gasteiger partial charge on any atom is 0.231 e. The van der Waals surface area contributed by atoms with E-state index in [1.807, 2.05) is 20.2 Å². The molecule has 29 heavy (non-hydrogen) atoms. The molecule has 1 aromatic rings. The quantitative estimate of drug-likeness (QED) is 0.732. The van der Waals surface area contributed by atoms with Gasteiger partial charge in [-0.3, -0.25) is 9.69 Å². The number of anilines is 1. The van der Waals surface area contributed by atoms with Crippen LogP contribution in [0.2, 0.25) is 0 Å². The summed E-state index contributed by atoms with van der Waals surface area (Å²) in [5.41, 5.74) is 1.17. The molecule has 6 heteroatoms. The number of carbonyl (C=O) groups excluding carboxylic acids is 1. The number of carbonyl (C=O) groups is 1. The van der Waals surface area contributed by atoms with Crippen molar-refractivity contribution in [3.05, 3.63) is 18.2 Å². The Morgan fingerprint density at radius 2 is 1.76 bits per heavy atom. The number of hydrogen-bond acceptors (Lipinski definition) is 5. The highest BCUT2D eigenvalue weighted by molar-refractivity contribution is 5.75. The molecular weight excluding hydrogens is 366 g/mol. The van der Waals surface area contributed by atoms with E-state index in [1.165, 1.54) is 44.3 Å². The second kappa shape index (κ2) is 9.24. The van der Waals surface area contributed by atoms with Crippen molar-refractivity contribution in [1.29, 1.82) is 0 Å². The SMILES string of the molecule is CN(C)C(=O)CC1CCC(CCN2CCN(c3cccc4c3OCO4)CC2)CC1. The maximum atomic E-state index is 11.9. The van der Waals surface area contributed by atoms with Crippen LogP contribution >= 0.6 is 0 Å². The number of para-hydroxylation sites is 1. The molecule has 0 spiro atoms. The van der Waals surface area contributed by atoms with Crippen LogP contribution in [0, 0.1) is 11.8 Å². The Kier molecular flexibility index (Phi) is 6.48. The molecule has 3 aliphatic rings. The van der Waals surface area contributed by atoms with Crippen LogP contribution < -0.4 is 14.4 Å². The minimum Gasteiger partial charge on any atom is -0.454 e. The van der Waals surface area contributed by atoms with Crippen LogP contribution in [0.4, 0.5) is 5.69 Å². The van der Waals surface area contributed by atoms with Crippen molar-refractivity contribution >= 4 is 11.6 Å². The van der Waals surface area contributed by atoms with Crippen molar-refractivity contribution in [1.82, 2.24) is 9.80 Å². The summed E-state index contributed by atoms with van der Waals surface area (Å²) in [5.74, 6) is 3.50. The van der Waals surface area contributed by atoms with Gasteiger partial charge in [0.2, 0.25) is 12.7 Å². The molecule has 1 aromatic carbocycles. The van der Waals surface area contributed by atoms with Crippen molar-refractivity contribution in [2.75, 3.05) is 58.5 Å². The zero-order valence-electron chi connectivity index (χ0n) is 17.9. The Morgan fingerprint density at radius 1 is 1.03 bits per heavy atom. The van der Waals surface area contributed by atoms with Crippen LogP contribution in [0.5, 0.6) is 11.5 Å². The van der Waals surface area contributed by atoms with E-state index in [4.69, 9.17) is 9.47 Å². The Morgan fingerprint density at radius 3 is 2.48 bits per heavy atom. The van der Waals surface area contributed by atoms with Crippen LogP contribution in [0.25, 0.3) is 0 Å². The van der Waals surface area contributed by atoms with Gasteiger partial charge in [0, 0.05) is 46.7 Å². The number of piperazine rings is 1. The molecule has 0 bridgehead atoms. The molecule has 2 heterocycles. The van der Waals surface area contributed by atoms with Gasteiger partial charge in [0.15, 0.2) is 11.5 Å².